The fourth-order valence-electron chi connectivity index (χ4n) is 3.38. The van der Waals surface area contributed by atoms with Gasteiger partial charge in [-0.05, 0) is 37.8 Å². The Morgan fingerprint density at radius 2 is 2.56 bits per heavy atom. The van der Waals surface area contributed by atoms with E-state index in [1.807, 2.05) is 17.5 Å². The maximum atomic E-state index is 4.50. The summed E-state index contributed by atoms with van der Waals surface area (Å²) in [7, 11) is 0. The van der Waals surface area contributed by atoms with Crippen molar-refractivity contribution >= 4 is 11.3 Å². The van der Waals surface area contributed by atoms with E-state index < -0.39 is 0 Å². The molecule has 100 valence electrons. The van der Waals surface area contributed by atoms with E-state index in [9.17, 15) is 0 Å². The Morgan fingerprint density at radius 3 is 3.28 bits per heavy atom. The molecule has 3 heterocycles. The molecule has 3 rings (SSSR count). The number of piperidine rings is 1. The molecule has 4 heteroatoms. The van der Waals surface area contributed by atoms with Gasteiger partial charge in [-0.25, -0.2) is 4.98 Å². The zero-order chi connectivity index (χ0) is 12.4. The number of hydrogen-bond acceptors (Lipinski definition) is 4. The summed E-state index contributed by atoms with van der Waals surface area (Å²) in [6, 6.07) is 0. The fourth-order valence-corrected chi connectivity index (χ4v) is 4.15. The van der Waals surface area contributed by atoms with Crippen LogP contribution in [0.5, 0.6) is 0 Å². The monoisotopic (exact) mass is 265 g/mol. The zero-order valence-electron chi connectivity index (χ0n) is 11.2. The molecule has 1 aromatic rings. The van der Waals surface area contributed by atoms with E-state index in [0.717, 1.165) is 0 Å². The molecule has 0 bridgehead atoms. The van der Waals surface area contributed by atoms with Crippen LogP contribution in [-0.4, -0.2) is 42.6 Å². The third-order valence-corrected chi connectivity index (χ3v) is 5.31. The van der Waals surface area contributed by atoms with Crippen molar-refractivity contribution in [2.45, 2.75) is 32.1 Å². The van der Waals surface area contributed by atoms with E-state index in [4.69, 9.17) is 0 Å². The summed E-state index contributed by atoms with van der Waals surface area (Å²) in [6.07, 6.45) is 5.92. The first-order valence-electron chi connectivity index (χ1n) is 7.08. The number of likely N-dealkylation sites (tertiary alicyclic amines) is 1. The highest BCUT2D eigenvalue weighted by Gasteiger charge is 2.33. The summed E-state index contributed by atoms with van der Waals surface area (Å²) in [6.45, 7) is 8.55. The van der Waals surface area contributed by atoms with Crippen LogP contribution in [0.25, 0.3) is 0 Å². The van der Waals surface area contributed by atoms with E-state index in [2.05, 4.69) is 27.5 Å². The highest BCUT2D eigenvalue weighted by Crippen LogP contribution is 2.32. The number of nitrogens with one attached hydrogen (secondary N) is 1. The highest BCUT2D eigenvalue weighted by molar-refractivity contribution is 7.09. The minimum Gasteiger partial charge on any atom is -0.316 e. The Labute approximate surface area is 114 Å². The normalized spacial score (nSPS) is 33.9. The standard InChI is InChI=1S/C14H23N3S/c1-14(4-5-15-10-14)11-17-7-2-3-12(9-17)13-16-6-8-18-13/h6,8,12,15H,2-5,7,9-11H2,1H3. The number of nitrogens with zero attached hydrogens (tertiary/aromatic N) is 2. The third kappa shape index (κ3) is 2.76. The van der Waals surface area contributed by atoms with Crippen LogP contribution in [0.4, 0.5) is 0 Å². The van der Waals surface area contributed by atoms with Gasteiger partial charge in [0.1, 0.15) is 0 Å². The van der Waals surface area contributed by atoms with Crippen molar-refractivity contribution in [1.82, 2.24) is 15.2 Å². The van der Waals surface area contributed by atoms with Gasteiger partial charge < -0.3 is 10.2 Å². The Morgan fingerprint density at radius 1 is 1.61 bits per heavy atom. The minimum atomic E-state index is 0.491. The molecule has 2 fully saturated rings. The molecular weight excluding hydrogens is 242 g/mol. The van der Waals surface area contributed by atoms with E-state index >= 15 is 0 Å². The molecule has 3 nitrogen and oxygen atoms in total. The van der Waals surface area contributed by atoms with Gasteiger partial charge in [-0.15, -0.1) is 11.3 Å². The van der Waals surface area contributed by atoms with Crippen molar-refractivity contribution in [1.29, 1.82) is 0 Å². The van der Waals surface area contributed by atoms with Crippen LogP contribution in [0.2, 0.25) is 0 Å². The Kier molecular flexibility index (Phi) is 3.68. The summed E-state index contributed by atoms with van der Waals surface area (Å²) in [5.41, 5.74) is 0.491. The molecule has 0 aromatic carbocycles. The van der Waals surface area contributed by atoms with Crippen LogP contribution in [-0.2, 0) is 0 Å². The highest BCUT2D eigenvalue weighted by atomic mass is 32.1. The first-order chi connectivity index (χ1) is 8.75. The van der Waals surface area contributed by atoms with Gasteiger partial charge in [0.25, 0.3) is 0 Å². The molecule has 0 aliphatic carbocycles. The lowest BCUT2D eigenvalue weighted by Crippen LogP contribution is -2.42. The Balaban J connectivity index is 1.60. The molecule has 0 amide bonds. The zero-order valence-corrected chi connectivity index (χ0v) is 12.0. The Hall–Kier alpha value is -0.450. The lowest BCUT2D eigenvalue weighted by molar-refractivity contribution is 0.141. The van der Waals surface area contributed by atoms with Crippen LogP contribution in [0, 0.1) is 5.41 Å². The molecule has 0 saturated carbocycles. The van der Waals surface area contributed by atoms with Gasteiger partial charge in [0.2, 0.25) is 0 Å². The summed E-state index contributed by atoms with van der Waals surface area (Å²) >= 11 is 1.82. The average Bonchev–Trinajstić information content (AvgIpc) is 3.01. The maximum absolute atomic E-state index is 4.50. The predicted molar refractivity (Wildman–Crippen MR) is 76.1 cm³/mol. The summed E-state index contributed by atoms with van der Waals surface area (Å²) in [4.78, 5) is 7.17. The maximum Gasteiger partial charge on any atom is 0.0968 e. The lowest BCUT2D eigenvalue weighted by Gasteiger charge is -2.37. The van der Waals surface area contributed by atoms with Crippen LogP contribution < -0.4 is 5.32 Å². The van der Waals surface area contributed by atoms with Gasteiger partial charge in [-0.1, -0.05) is 6.92 Å². The van der Waals surface area contributed by atoms with E-state index in [1.54, 1.807) is 0 Å². The van der Waals surface area contributed by atoms with Crippen molar-refractivity contribution in [3.63, 3.8) is 0 Å². The number of rotatable bonds is 3. The topological polar surface area (TPSA) is 28.2 Å². The molecular formula is C14H23N3S. The molecule has 2 aliphatic heterocycles. The quantitative estimate of drug-likeness (QED) is 0.909. The van der Waals surface area contributed by atoms with Crippen LogP contribution >= 0.6 is 11.3 Å². The van der Waals surface area contributed by atoms with Crippen LogP contribution in [0.3, 0.4) is 0 Å². The van der Waals surface area contributed by atoms with Crippen LogP contribution in [0.15, 0.2) is 11.6 Å². The predicted octanol–water partition coefficient (Wildman–Crippen LogP) is 2.32. The van der Waals surface area contributed by atoms with E-state index in [0.29, 0.717) is 11.3 Å². The molecule has 1 aromatic heterocycles. The van der Waals surface area contributed by atoms with Gasteiger partial charge in [0, 0.05) is 37.1 Å². The average molecular weight is 265 g/mol. The van der Waals surface area contributed by atoms with Crippen molar-refractivity contribution in [3.05, 3.63) is 16.6 Å². The van der Waals surface area contributed by atoms with Crippen LogP contribution in [0.1, 0.15) is 37.1 Å². The van der Waals surface area contributed by atoms with Gasteiger partial charge >= 0.3 is 0 Å². The lowest BCUT2D eigenvalue weighted by atomic mass is 9.87. The van der Waals surface area contributed by atoms with E-state index in [1.165, 1.54) is 57.0 Å². The SMILES string of the molecule is CC1(CN2CCCC(c3nccs3)C2)CCNC1. The van der Waals surface area contributed by atoms with Crippen molar-refractivity contribution < 1.29 is 0 Å². The van der Waals surface area contributed by atoms with Crippen molar-refractivity contribution in [3.8, 4) is 0 Å². The van der Waals surface area contributed by atoms with Crippen molar-refractivity contribution in [2.75, 3.05) is 32.7 Å². The first-order valence-corrected chi connectivity index (χ1v) is 7.96. The largest absolute Gasteiger partial charge is 0.316 e. The molecule has 2 saturated heterocycles. The number of hydrogen-bond donors (Lipinski definition) is 1. The number of aromatic nitrogens is 1. The Bertz CT molecular complexity index is 370. The molecule has 1 N–H and O–H groups in total. The molecule has 2 unspecified atom stereocenters. The number of thiazole rings is 1. The van der Waals surface area contributed by atoms with Gasteiger partial charge in [-0.2, -0.15) is 0 Å². The smallest absolute Gasteiger partial charge is 0.0968 e. The molecule has 0 spiro atoms. The minimum absolute atomic E-state index is 0.491. The van der Waals surface area contributed by atoms with Gasteiger partial charge in [0.15, 0.2) is 0 Å². The summed E-state index contributed by atoms with van der Waals surface area (Å²) < 4.78 is 0. The van der Waals surface area contributed by atoms with E-state index in [-0.39, 0.29) is 0 Å². The first kappa shape index (κ1) is 12.6. The molecule has 0 radical (unpaired) electrons. The second-order valence-corrected chi connectivity index (χ2v) is 7.11. The second-order valence-electron chi connectivity index (χ2n) is 6.18. The van der Waals surface area contributed by atoms with Crippen molar-refractivity contribution in [2.24, 2.45) is 5.41 Å². The summed E-state index contributed by atoms with van der Waals surface area (Å²) in [5, 5.41) is 6.95. The molecule has 2 aliphatic rings. The summed E-state index contributed by atoms with van der Waals surface area (Å²) in [5.74, 6) is 0.678. The second kappa shape index (κ2) is 5.27. The molecule has 18 heavy (non-hydrogen) atoms. The van der Waals surface area contributed by atoms with Gasteiger partial charge in [0.05, 0.1) is 5.01 Å². The molecule has 2 atom stereocenters. The third-order valence-electron chi connectivity index (χ3n) is 4.37. The fraction of sp³-hybridized carbons (Fsp3) is 0.786. The van der Waals surface area contributed by atoms with Gasteiger partial charge in [-0.3, -0.25) is 0 Å².